The van der Waals surface area contributed by atoms with Crippen LogP contribution in [0, 0.1) is 0 Å². The smallest absolute Gasteiger partial charge is 0.355 e. The van der Waals surface area contributed by atoms with E-state index < -0.39 is 12.0 Å². The highest BCUT2D eigenvalue weighted by molar-refractivity contribution is 7.09. The predicted molar refractivity (Wildman–Crippen MR) is 93.2 cm³/mol. The minimum Gasteiger partial charge on any atom is -0.476 e. The van der Waals surface area contributed by atoms with Crippen LogP contribution in [-0.2, 0) is 11.2 Å². The maximum Gasteiger partial charge on any atom is 0.355 e. The third kappa shape index (κ3) is 4.10. The molecule has 9 heteroatoms. The molecule has 2 N–H and O–H groups in total. The number of carbonyl (C=O) groups excluding carboxylic acids is 2. The van der Waals surface area contributed by atoms with E-state index in [1.165, 1.54) is 23.0 Å². The van der Waals surface area contributed by atoms with Crippen molar-refractivity contribution in [1.82, 2.24) is 15.2 Å². The van der Waals surface area contributed by atoms with Crippen molar-refractivity contribution in [2.75, 3.05) is 13.1 Å². The van der Waals surface area contributed by atoms with Crippen LogP contribution in [0.25, 0.3) is 0 Å². The lowest BCUT2D eigenvalue weighted by Crippen LogP contribution is -2.52. The fraction of sp³-hybridized carbons (Fsp3) is 0.412. The highest BCUT2D eigenvalue weighted by atomic mass is 32.1. The van der Waals surface area contributed by atoms with Crippen LogP contribution in [-0.4, -0.2) is 51.9 Å². The number of aromatic carboxylic acids is 1. The van der Waals surface area contributed by atoms with Crippen LogP contribution in [0.5, 0.6) is 0 Å². The number of hydrogen-bond donors (Lipinski definition) is 2. The molecule has 2 aromatic heterocycles. The summed E-state index contributed by atoms with van der Waals surface area (Å²) < 4.78 is 5.16. The molecular weight excluding hydrogens is 358 g/mol. The van der Waals surface area contributed by atoms with E-state index in [4.69, 9.17) is 9.52 Å². The van der Waals surface area contributed by atoms with Gasteiger partial charge in [-0.15, -0.1) is 11.3 Å². The van der Waals surface area contributed by atoms with Gasteiger partial charge in [-0.3, -0.25) is 9.59 Å². The van der Waals surface area contributed by atoms with Crippen LogP contribution in [0.4, 0.5) is 0 Å². The molecule has 3 heterocycles. The van der Waals surface area contributed by atoms with E-state index in [-0.39, 0.29) is 23.3 Å². The highest BCUT2D eigenvalue weighted by Crippen LogP contribution is 2.20. The van der Waals surface area contributed by atoms with E-state index in [1.54, 1.807) is 17.0 Å². The maximum absolute atomic E-state index is 12.5. The van der Waals surface area contributed by atoms with Gasteiger partial charge in [0.05, 0.1) is 11.3 Å². The molecule has 3 rings (SSSR count). The molecule has 138 valence electrons. The number of hydrogen-bond acceptors (Lipinski definition) is 6. The molecule has 1 unspecified atom stereocenters. The number of likely N-dealkylation sites (tertiary alicyclic amines) is 1. The molecule has 0 aliphatic carbocycles. The molecule has 26 heavy (non-hydrogen) atoms. The number of carbonyl (C=O) groups is 3. The molecule has 1 aliphatic heterocycles. The van der Waals surface area contributed by atoms with Crippen LogP contribution in [0.3, 0.4) is 0 Å². The van der Waals surface area contributed by atoms with Crippen molar-refractivity contribution in [3.8, 4) is 0 Å². The number of nitrogens with one attached hydrogen (secondary N) is 1. The lowest BCUT2D eigenvalue weighted by molar-refractivity contribution is -0.126. The quantitative estimate of drug-likeness (QED) is 0.794. The van der Waals surface area contributed by atoms with Crippen molar-refractivity contribution >= 4 is 29.1 Å². The monoisotopic (exact) mass is 377 g/mol. The fourth-order valence-corrected chi connectivity index (χ4v) is 3.70. The molecule has 2 amide bonds. The van der Waals surface area contributed by atoms with Gasteiger partial charge in [0.2, 0.25) is 5.91 Å². The molecular formula is C17H19N3O5S. The first-order valence-electron chi connectivity index (χ1n) is 8.36. The Morgan fingerprint density at radius 2 is 2.23 bits per heavy atom. The second-order valence-electron chi connectivity index (χ2n) is 5.96. The molecule has 8 nitrogen and oxygen atoms in total. The third-order valence-corrected chi connectivity index (χ3v) is 5.12. The largest absolute Gasteiger partial charge is 0.476 e. The Bertz CT molecular complexity index is 786. The van der Waals surface area contributed by atoms with Crippen LogP contribution in [0.2, 0.25) is 0 Å². The second-order valence-corrected chi connectivity index (χ2v) is 6.90. The lowest BCUT2D eigenvalue weighted by atomic mass is 10.0. The fourth-order valence-electron chi connectivity index (χ4n) is 2.92. The highest BCUT2D eigenvalue weighted by Gasteiger charge is 2.33. The Labute approximate surface area is 153 Å². The van der Waals surface area contributed by atoms with Crippen molar-refractivity contribution < 1.29 is 23.9 Å². The van der Waals surface area contributed by atoms with Crippen molar-refractivity contribution in [2.45, 2.75) is 31.7 Å². The van der Waals surface area contributed by atoms with Crippen LogP contribution in [0.1, 0.15) is 45.3 Å². The summed E-state index contributed by atoms with van der Waals surface area (Å²) in [6.45, 7) is 0.858. The molecule has 0 bridgehead atoms. The number of rotatable bonds is 6. The first kappa shape index (κ1) is 18.1. The van der Waals surface area contributed by atoms with Crippen LogP contribution < -0.4 is 5.32 Å². The van der Waals surface area contributed by atoms with E-state index in [1.807, 2.05) is 0 Å². The van der Waals surface area contributed by atoms with E-state index in [0.717, 1.165) is 12.8 Å². The predicted octanol–water partition coefficient (Wildman–Crippen LogP) is 1.79. The molecule has 0 radical (unpaired) electrons. The van der Waals surface area contributed by atoms with Crippen LogP contribution in [0.15, 0.2) is 28.2 Å². The number of thiazole rings is 1. The summed E-state index contributed by atoms with van der Waals surface area (Å²) in [5, 5.41) is 13.8. The molecule has 1 saturated heterocycles. The SMILES string of the molecule is O=C(O)c1csc(CCNC(=O)C2CCCCN2C(=O)c2ccco2)n1. The molecule has 1 fully saturated rings. The number of furan rings is 1. The van der Waals surface area contributed by atoms with Gasteiger partial charge in [-0.05, 0) is 31.4 Å². The summed E-state index contributed by atoms with van der Waals surface area (Å²) in [5.41, 5.74) is 0.0128. The number of nitrogens with zero attached hydrogens (tertiary/aromatic N) is 2. The second kappa shape index (κ2) is 8.13. The summed E-state index contributed by atoms with van der Waals surface area (Å²) in [6.07, 6.45) is 4.23. The maximum atomic E-state index is 12.5. The lowest BCUT2D eigenvalue weighted by Gasteiger charge is -2.34. The molecule has 1 aliphatic rings. The first-order valence-corrected chi connectivity index (χ1v) is 9.24. The topological polar surface area (TPSA) is 113 Å². The molecule has 0 aromatic carbocycles. The average Bonchev–Trinajstić information content (AvgIpc) is 3.33. The van der Waals surface area contributed by atoms with Gasteiger partial charge in [-0.1, -0.05) is 0 Å². The van der Waals surface area contributed by atoms with Gasteiger partial charge >= 0.3 is 5.97 Å². The summed E-state index contributed by atoms with van der Waals surface area (Å²) in [5.74, 6) is -1.32. The van der Waals surface area contributed by atoms with Crippen LogP contribution >= 0.6 is 11.3 Å². The Morgan fingerprint density at radius 3 is 2.92 bits per heavy atom. The minimum atomic E-state index is -1.06. The number of aromatic nitrogens is 1. The normalized spacial score (nSPS) is 17.1. The average molecular weight is 377 g/mol. The number of piperidine rings is 1. The van der Waals surface area contributed by atoms with Gasteiger partial charge in [0.25, 0.3) is 5.91 Å². The van der Waals surface area contributed by atoms with Crippen molar-refractivity contribution in [2.24, 2.45) is 0 Å². The Kier molecular flexibility index (Phi) is 5.67. The van der Waals surface area contributed by atoms with E-state index >= 15 is 0 Å². The zero-order valence-electron chi connectivity index (χ0n) is 14.0. The van der Waals surface area contributed by atoms with Gasteiger partial charge in [0, 0.05) is 24.9 Å². The van der Waals surface area contributed by atoms with Crippen molar-refractivity contribution in [3.63, 3.8) is 0 Å². The zero-order chi connectivity index (χ0) is 18.5. The molecule has 0 spiro atoms. The Morgan fingerprint density at radius 1 is 1.38 bits per heavy atom. The standard InChI is InChI=1S/C17H19N3O5S/c21-15(18-7-6-14-19-11(10-26-14)17(23)24)12-4-1-2-8-20(12)16(22)13-5-3-9-25-13/h3,5,9-10,12H,1-2,4,6-8H2,(H,18,21)(H,23,24). The Hall–Kier alpha value is -2.68. The summed E-state index contributed by atoms with van der Waals surface area (Å²) in [4.78, 5) is 41.4. The van der Waals surface area contributed by atoms with Crippen molar-refractivity contribution in [3.05, 3.63) is 40.2 Å². The van der Waals surface area contributed by atoms with E-state index in [9.17, 15) is 14.4 Å². The zero-order valence-corrected chi connectivity index (χ0v) is 14.8. The van der Waals surface area contributed by atoms with E-state index in [0.29, 0.717) is 30.9 Å². The van der Waals surface area contributed by atoms with Gasteiger partial charge in [-0.2, -0.15) is 0 Å². The minimum absolute atomic E-state index is 0.0128. The molecule has 2 aromatic rings. The first-order chi connectivity index (χ1) is 12.6. The van der Waals surface area contributed by atoms with Gasteiger partial charge in [0.15, 0.2) is 11.5 Å². The van der Waals surface area contributed by atoms with Gasteiger partial charge < -0.3 is 19.7 Å². The van der Waals surface area contributed by atoms with Crippen molar-refractivity contribution in [1.29, 1.82) is 0 Å². The molecule has 0 saturated carbocycles. The number of carboxylic acid groups (broad SMARTS) is 1. The van der Waals surface area contributed by atoms with E-state index in [2.05, 4.69) is 10.3 Å². The number of amides is 2. The summed E-state index contributed by atoms with van der Waals surface area (Å²) in [7, 11) is 0. The third-order valence-electron chi connectivity index (χ3n) is 4.21. The summed E-state index contributed by atoms with van der Waals surface area (Å²) >= 11 is 1.25. The van der Waals surface area contributed by atoms with Gasteiger partial charge in [0.1, 0.15) is 6.04 Å². The Balaban J connectivity index is 1.56. The molecule has 1 atom stereocenters. The summed E-state index contributed by atoms with van der Waals surface area (Å²) in [6, 6.07) is 2.72. The van der Waals surface area contributed by atoms with Gasteiger partial charge in [-0.25, -0.2) is 9.78 Å². The number of carboxylic acids is 1.